The Hall–Kier alpha value is -2.90. The number of terminal acetylenes is 1. The van der Waals surface area contributed by atoms with Crippen LogP contribution in [0.2, 0.25) is 0 Å². The molecule has 3 amide bonds. The number of urea groups is 1. The van der Waals surface area contributed by atoms with E-state index in [1.165, 1.54) is 32.2 Å². The minimum Gasteiger partial charge on any atom is -0.449 e. The first-order valence-corrected chi connectivity index (χ1v) is 8.46. The molecule has 134 valence electrons. The molecular formula is C15H17N3O6S. The van der Waals surface area contributed by atoms with Crippen molar-refractivity contribution in [2.24, 2.45) is 0 Å². The van der Waals surface area contributed by atoms with Crippen LogP contribution in [0.15, 0.2) is 29.2 Å². The summed E-state index contributed by atoms with van der Waals surface area (Å²) in [6, 6.07) is 4.28. The summed E-state index contributed by atoms with van der Waals surface area (Å²) in [6.45, 7) is 1.07. The molecule has 3 N–H and O–H groups in total. The number of esters is 1. The summed E-state index contributed by atoms with van der Waals surface area (Å²) in [5.41, 5.74) is -0.0804. The van der Waals surface area contributed by atoms with Crippen LogP contribution in [0.25, 0.3) is 0 Å². The maximum atomic E-state index is 12.1. The molecule has 25 heavy (non-hydrogen) atoms. The molecule has 0 aliphatic heterocycles. The summed E-state index contributed by atoms with van der Waals surface area (Å²) in [4.78, 5) is 34.6. The van der Waals surface area contributed by atoms with Crippen molar-refractivity contribution in [1.82, 2.24) is 15.4 Å². The summed E-state index contributed by atoms with van der Waals surface area (Å²) in [5.74, 6) is 0.382. The Morgan fingerprint density at radius 2 is 2.00 bits per heavy atom. The molecule has 0 radical (unpaired) electrons. The summed E-state index contributed by atoms with van der Waals surface area (Å²) in [5, 5.41) is 4.13. The Morgan fingerprint density at radius 1 is 1.32 bits per heavy atom. The third-order valence-electron chi connectivity index (χ3n) is 2.86. The lowest BCUT2D eigenvalue weighted by atomic mass is 10.2. The quantitative estimate of drug-likeness (QED) is 0.463. The fourth-order valence-corrected chi connectivity index (χ4v) is 2.55. The van der Waals surface area contributed by atoms with Gasteiger partial charge in [-0.15, -0.1) is 6.42 Å². The van der Waals surface area contributed by atoms with Crippen LogP contribution < -0.4 is 15.4 Å². The Morgan fingerprint density at radius 3 is 2.60 bits per heavy atom. The standard InChI is InChI=1S/C15H17N3O6S/c1-4-8-17-25(22,23)12-7-5-6-11(9-12)14(20)24-10(2)13(19)18-15(21)16-3/h1,5-7,9-10,17H,8H2,2-3H3,(H2,16,18,19,21). The van der Waals surface area contributed by atoms with Crippen LogP contribution in [0.3, 0.4) is 0 Å². The molecular weight excluding hydrogens is 350 g/mol. The van der Waals surface area contributed by atoms with Crippen LogP contribution in [0.5, 0.6) is 0 Å². The molecule has 1 atom stereocenters. The number of benzene rings is 1. The fraction of sp³-hybridized carbons (Fsp3) is 0.267. The maximum absolute atomic E-state index is 12.1. The third kappa shape index (κ3) is 5.91. The second kappa shape index (κ2) is 8.81. The highest BCUT2D eigenvalue weighted by Crippen LogP contribution is 2.13. The monoisotopic (exact) mass is 367 g/mol. The zero-order valence-electron chi connectivity index (χ0n) is 13.5. The number of carbonyl (C=O) groups is 3. The average molecular weight is 367 g/mol. The lowest BCUT2D eigenvalue weighted by Gasteiger charge is -2.13. The van der Waals surface area contributed by atoms with Gasteiger partial charge in [-0.05, 0) is 25.1 Å². The molecule has 0 aliphatic rings. The fourth-order valence-electron chi connectivity index (χ4n) is 1.57. The zero-order chi connectivity index (χ0) is 19.0. The summed E-state index contributed by atoms with van der Waals surface area (Å²) in [6.07, 6.45) is 3.74. The van der Waals surface area contributed by atoms with E-state index in [9.17, 15) is 22.8 Å². The highest BCUT2D eigenvalue weighted by molar-refractivity contribution is 7.89. The molecule has 1 rings (SSSR count). The number of imide groups is 1. The number of rotatable bonds is 6. The molecule has 9 nitrogen and oxygen atoms in total. The molecule has 10 heteroatoms. The minimum absolute atomic E-state index is 0.0804. The van der Waals surface area contributed by atoms with Crippen LogP contribution in [-0.2, 0) is 19.6 Å². The van der Waals surface area contributed by atoms with E-state index in [2.05, 4.69) is 16.0 Å². The lowest BCUT2D eigenvalue weighted by molar-refractivity contribution is -0.127. The van der Waals surface area contributed by atoms with E-state index >= 15 is 0 Å². The van der Waals surface area contributed by atoms with Crippen molar-refractivity contribution >= 4 is 27.9 Å². The van der Waals surface area contributed by atoms with Gasteiger partial charge in [-0.2, -0.15) is 4.72 Å². The van der Waals surface area contributed by atoms with Gasteiger partial charge in [-0.3, -0.25) is 10.1 Å². The van der Waals surface area contributed by atoms with Gasteiger partial charge in [0.2, 0.25) is 10.0 Å². The van der Waals surface area contributed by atoms with Gasteiger partial charge in [-0.1, -0.05) is 12.0 Å². The van der Waals surface area contributed by atoms with Crippen LogP contribution in [0.1, 0.15) is 17.3 Å². The predicted octanol–water partition coefficient (Wildman–Crippen LogP) is -0.401. The average Bonchev–Trinajstić information content (AvgIpc) is 2.59. The van der Waals surface area contributed by atoms with Crippen molar-refractivity contribution < 1.29 is 27.5 Å². The highest BCUT2D eigenvalue weighted by atomic mass is 32.2. The van der Waals surface area contributed by atoms with Gasteiger partial charge in [-0.25, -0.2) is 18.0 Å². The number of ether oxygens (including phenoxy) is 1. The van der Waals surface area contributed by atoms with Gasteiger partial charge in [0, 0.05) is 7.05 Å². The van der Waals surface area contributed by atoms with Gasteiger partial charge >= 0.3 is 12.0 Å². The SMILES string of the molecule is C#CCNS(=O)(=O)c1cccc(C(=O)OC(C)C(=O)NC(=O)NC)c1. The second-order valence-corrected chi connectivity index (χ2v) is 6.44. The number of amides is 3. The van der Waals surface area contributed by atoms with E-state index in [0.717, 1.165) is 6.07 Å². The molecule has 0 aromatic heterocycles. The minimum atomic E-state index is -3.88. The Labute approximate surface area is 145 Å². The molecule has 0 spiro atoms. The maximum Gasteiger partial charge on any atom is 0.338 e. The van der Waals surface area contributed by atoms with Crippen LogP contribution >= 0.6 is 0 Å². The number of carbonyl (C=O) groups excluding carboxylic acids is 3. The van der Waals surface area contributed by atoms with E-state index < -0.39 is 34.0 Å². The van der Waals surface area contributed by atoms with Gasteiger partial charge in [0.25, 0.3) is 5.91 Å². The Balaban J connectivity index is 2.86. The van der Waals surface area contributed by atoms with E-state index in [1.54, 1.807) is 0 Å². The van der Waals surface area contributed by atoms with Crippen molar-refractivity contribution in [2.45, 2.75) is 17.9 Å². The molecule has 1 aromatic carbocycles. The third-order valence-corrected chi connectivity index (χ3v) is 4.26. The van der Waals surface area contributed by atoms with Crippen LogP contribution in [-0.4, -0.2) is 46.0 Å². The molecule has 1 aromatic rings. The molecule has 0 fully saturated rings. The number of hydrogen-bond donors (Lipinski definition) is 3. The summed E-state index contributed by atoms with van der Waals surface area (Å²) in [7, 11) is -2.56. The van der Waals surface area contributed by atoms with E-state index in [1.807, 2.05) is 5.32 Å². The highest BCUT2D eigenvalue weighted by Gasteiger charge is 2.22. The molecule has 0 saturated heterocycles. The van der Waals surface area contributed by atoms with Gasteiger partial charge in [0.05, 0.1) is 17.0 Å². The summed E-state index contributed by atoms with van der Waals surface area (Å²) >= 11 is 0. The number of sulfonamides is 1. The van der Waals surface area contributed by atoms with Crippen molar-refractivity contribution in [1.29, 1.82) is 0 Å². The molecule has 0 bridgehead atoms. The van der Waals surface area contributed by atoms with Crippen molar-refractivity contribution in [2.75, 3.05) is 13.6 Å². The number of nitrogens with one attached hydrogen (secondary N) is 3. The second-order valence-electron chi connectivity index (χ2n) is 4.67. The first kappa shape index (κ1) is 20.1. The number of hydrogen-bond acceptors (Lipinski definition) is 6. The largest absolute Gasteiger partial charge is 0.449 e. The smallest absolute Gasteiger partial charge is 0.338 e. The molecule has 0 saturated carbocycles. The normalized spacial score (nSPS) is 11.7. The molecule has 1 unspecified atom stereocenters. The zero-order valence-corrected chi connectivity index (χ0v) is 14.3. The Bertz CT molecular complexity index is 813. The van der Waals surface area contributed by atoms with Gasteiger partial charge in [0.1, 0.15) is 0 Å². The van der Waals surface area contributed by atoms with E-state index in [-0.39, 0.29) is 17.0 Å². The molecule has 0 aliphatic carbocycles. The molecule has 0 heterocycles. The first-order valence-electron chi connectivity index (χ1n) is 6.98. The van der Waals surface area contributed by atoms with E-state index in [0.29, 0.717) is 0 Å². The summed E-state index contributed by atoms with van der Waals surface area (Å²) < 4.78 is 31.0. The van der Waals surface area contributed by atoms with Crippen molar-refractivity contribution in [3.63, 3.8) is 0 Å². The predicted molar refractivity (Wildman–Crippen MR) is 87.9 cm³/mol. The van der Waals surface area contributed by atoms with Gasteiger partial charge in [0.15, 0.2) is 6.10 Å². The lowest BCUT2D eigenvalue weighted by Crippen LogP contribution is -2.43. The van der Waals surface area contributed by atoms with Crippen molar-refractivity contribution in [3.05, 3.63) is 29.8 Å². The van der Waals surface area contributed by atoms with E-state index in [4.69, 9.17) is 11.2 Å². The topological polar surface area (TPSA) is 131 Å². The van der Waals surface area contributed by atoms with Gasteiger partial charge < -0.3 is 10.1 Å². The van der Waals surface area contributed by atoms with Crippen molar-refractivity contribution in [3.8, 4) is 12.3 Å². The Kier molecular flexibility index (Phi) is 7.10. The van der Waals surface area contributed by atoms with Crippen LogP contribution in [0.4, 0.5) is 4.79 Å². The van der Waals surface area contributed by atoms with Crippen LogP contribution in [0, 0.1) is 12.3 Å². The first-order chi connectivity index (χ1) is 11.7.